The Morgan fingerprint density at radius 3 is 2.64 bits per heavy atom. The number of aryl methyl sites for hydroxylation is 2. The van der Waals surface area contributed by atoms with Crippen molar-refractivity contribution in [1.82, 2.24) is 20.2 Å². The average Bonchev–Trinajstić information content (AvgIpc) is 3.03. The Labute approximate surface area is 159 Å². The van der Waals surface area contributed by atoms with Crippen LogP contribution in [-0.2, 0) is 0 Å². The molecule has 0 saturated heterocycles. The minimum absolute atomic E-state index is 0.0706. The van der Waals surface area contributed by atoms with Crippen molar-refractivity contribution in [3.63, 3.8) is 0 Å². The first kappa shape index (κ1) is 17.9. The maximum absolute atomic E-state index is 12.4. The molecule has 3 aromatic rings. The molecule has 0 atom stereocenters. The van der Waals surface area contributed by atoms with Gasteiger partial charge in [-0.25, -0.2) is 0 Å². The van der Waals surface area contributed by atoms with Crippen LogP contribution in [-0.4, -0.2) is 31.7 Å². The zero-order valence-electron chi connectivity index (χ0n) is 13.5. The Morgan fingerprint density at radius 1 is 1.12 bits per heavy atom. The van der Waals surface area contributed by atoms with E-state index in [0.717, 1.165) is 11.3 Å². The van der Waals surface area contributed by atoms with E-state index in [9.17, 15) is 4.79 Å². The summed E-state index contributed by atoms with van der Waals surface area (Å²) in [5.74, 6) is 0.127. The lowest BCUT2D eigenvalue weighted by atomic mass is 10.1. The second-order valence-electron chi connectivity index (χ2n) is 5.50. The van der Waals surface area contributed by atoms with Crippen molar-refractivity contribution in [3.8, 4) is 5.69 Å². The molecule has 5 nitrogen and oxygen atoms in total. The number of halogens is 2. The van der Waals surface area contributed by atoms with E-state index in [1.165, 1.54) is 17.3 Å². The van der Waals surface area contributed by atoms with Gasteiger partial charge in [0.05, 0.1) is 21.5 Å². The number of hydrogen-bond acceptors (Lipinski definition) is 5. The second-order valence-corrected chi connectivity index (χ2v) is 7.26. The van der Waals surface area contributed by atoms with E-state index in [1.807, 2.05) is 26.0 Å². The molecule has 0 N–H and O–H groups in total. The number of carbonyl (C=O) groups is 1. The third kappa shape index (κ3) is 4.03. The van der Waals surface area contributed by atoms with Gasteiger partial charge in [0, 0.05) is 5.56 Å². The van der Waals surface area contributed by atoms with Gasteiger partial charge in [-0.2, -0.15) is 4.68 Å². The van der Waals surface area contributed by atoms with Crippen molar-refractivity contribution in [2.45, 2.75) is 19.0 Å². The van der Waals surface area contributed by atoms with E-state index in [-0.39, 0.29) is 11.5 Å². The van der Waals surface area contributed by atoms with Gasteiger partial charge >= 0.3 is 0 Å². The molecule has 0 saturated carbocycles. The molecule has 0 bridgehead atoms. The number of tetrazole rings is 1. The number of rotatable bonds is 5. The summed E-state index contributed by atoms with van der Waals surface area (Å²) in [5, 5.41) is 13.1. The number of carbonyl (C=O) groups excluding carboxylic acids is 1. The van der Waals surface area contributed by atoms with Gasteiger partial charge < -0.3 is 0 Å². The van der Waals surface area contributed by atoms with E-state index in [4.69, 9.17) is 23.2 Å². The molecular weight excluding hydrogens is 379 g/mol. The van der Waals surface area contributed by atoms with E-state index >= 15 is 0 Å². The smallest absolute Gasteiger partial charge is 0.214 e. The summed E-state index contributed by atoms with van der Waals surface area (Å²) >= 11 is 13.1. The number of ketones is 1. The van der Waals surface area contributed by atoms with Gasteiger partial charge in [0.15, 0.2) is 5.78 Å². The Hall–Kier alpha value is -1.89. The summed E-state index contributed by atoms with van der Waals surface area (Å²) < 4.78 is 1.64. The molecule has 8 heteroatoms. The Morgan fingerprint density at radius 2 is 1.92 bits per heavy atom. The predicted octanol–water partition coefficient (Wildman–Crippen LogP) is 4.56. The monoisotopic (exact) mass is 392 g/mol. The van der Waals surface area contributed by atoms with Crippen LogP contribution >= 0.6 is 35.0 Å². The van der Waals surface area contributed by atoms with Crippen LogP contribution in [0.2, 0.25) is 10.0 Å². The van der Waals surface area contributed by atoms with Crippen molar-refractivity contribution >= 4 is 40.7 Å². The molecule has 1 aromatic heterocycles. The molecule has 0 spiro atoms. The highest BCUT2D eigenvalue weighted by Crippen LogP contribution is 2.25. The minimum Gasteiger partial charge on any atom is -0.293 e. The number of nitrogens with zero attached hydrogens (tertiary/aromatic N) is 4. The first-order valence-electron chi connectivity index (χ1n) is 7.43. The fourth-order valence-electron chi connectivity index (χ4n) is 2.35. The number of Topliss-reactive ketones (excluding diaryl/α,β-unsaturated/α-hetero) is 1. The highest BCUT2D eigenvalue weighted by Gasteiger charge is 2.15. The SMILES string of the molecule is Cc1ccc(-n2nnnc2SCC(=O)c2ccc(Cl)c(Cl)c2)c(C)c1. The summed E-state index contributed by atoms with van der Waals surface area (Å²) in [7, 11) is 0. The predicted molar refractivity (Wildman–Crippen MR) is 100 cm³/mol. The first-order chi connectivity index (χ1) is 12.0. The van der Waals surface area contributed by atoms with E-state index in [0.29, 0.717) is 20.8 Å². The van der Waals surface area contributed by atoms with Gasteiger partial charge in [0.25, 0.3) is 0 Å². The highest BCUT2D eigenvalue weighted by atomic mass is 35.5. The van der Waals surface area contributed by atoms with Crippen molar-refractivity contribution < 1.29 is 4.79 Å². The lowest BCUT2D eigenvalue weighted by Gasteiger charge is -2.08. The van der Waals surface area contributed by atoms with E-state index in [2.05, 4.69) is 21.6 Å². The molecule has 0 unspecified atom stereocenters. The van der Waals surface area contributed by atoms with Crippen LogP contribution in [0.3, 0.4) is 0 Å². The maximum Gasteiger partial charge on any atom is 0.214 e. The van der Waals surface area contributed by atoms with Crippen molar-refractivity contribution in [2.24, 2.45) is 0 Å². The van der Waals surface area contributed by atoms with Gasteiger partial charge in [-0.15, -0.1) is 5.10 Å². The zero-order valence-corrected chi connectivity index (χ0v) is 15.9. The highest BCUT2D eigenvalue weighted by molar-refractivity contribution is 7.99. The topological polar surface area (TPSA) is 60.7 Å². The molecule has 0 aliphatic carbocycles. The standard InChI is InChI=1S/C17H14Cl2N4OS/c1-10-3-6-15(11(2)7-10)23-17(20-21-22-23)25-9-16(24)12-4-5-13(18)14(19)8-12/h3-8H,9H2,1-2H3. The molecule has 25 heavy (non-hydrogen) atoms. The number of aromatic nitrogens is 4. The maximum atomic E-state index is 12.4. The molecule has 0 fully saturated rings. The molecule has 0 aliphatic rings. The summed E-state index contributed by atoms with van der Waals surface area (Å²) in [6.07, 6.45) is 0. The third-order valence-corrected chi connectivity index (χ3v) is 5.25. The average molecular weight is 393 g/mol. The number of hydrogen-bond donors (Lipinski definition) is 0. The molecule has 1 heterocycles. The summed E-state index contributed by atoms with van der Waals surface area (Å²) in [5.41, 5.74) is 3.62. The number of thioether (sulfide) groups is 1. The lowest BCUT2D eigenvalue weighted by molar-refractivity contribution is 0.102. The van der Waals surface area contributed by atoms with Crippen LogP contribution < -0.4 is 0 Å². The molecule has 2 aromatic carbocycles. The van der Waals surface area contributed by atoms with Crippen molar-refractivity contribution in [2.75, 3.05) is 5.75 Å². The Kier molecular flexibility index (Phi) is 5.42. The van der Waals surface area contributed by atoms with Crippen molar-refractivity contribution in [1.29, 1.82) is 0 Å². The minimum atomic E-state index is -0.0706. The number of benzene rings is 2. The van der Waals surface area contributed by atoms with Gasteiger partial charge in [0.2, 0.25) is 5.16 Å². The Bertz CT molecular complexity index is 942. The van der Waals surface area contributed by atoms with Crippen LogP contribution in [0.25, 0.3) is 5.69 Å². The lowest BCUT2D eigenvalue weighted by Crippen LogP contribution is -2.06. The van der Waals surface area contributed by atoms with E-state index < -0.39 is 0 Å². The van der Waals surface area contributed by atoms with Crippen molar-refractivity contribution in [3.05, 3.63) is 63.1 Å². The summed E-state index contributed by atoms with van der Waals surface area (Å²) in [6, 6.07) is 10.9. The second kappa shape index (κ2) is 7.56. The molecule has 0 amide bonds. The quantitative estimate of drug-likeness (QED) is 0.470. The van der Waals surface area contributed by atoms with Gasteiger partial charge in [-0.05, 0) is 54.1 Å². The molecule has 3 rings (SSSR count). The van der Waals surface area contributed by atoms with Gasteiger partial charge in [-0.1, -0.05) is 52.7 Å². The van der Waals surface area contributed by atoms with Crippen LogP contribution in [0.15, 0.2) is 41.6 Å². The largest absolute Gasteiger partial charge is 0.293 e. The first-order valence-corrected chi connectivity index (χ1v) is 9.17. The van der Waals surface area contributed by atoms with Gasteiger partial charge in [-0.3, -0.25) is 4.79 Å². The van der Waals surface area contributed by atoms with E-state index in [1.54, 1.807) is 22.9 Å². The summed E-state index contributed by atoms with van der Waals surface area (Å²) in [6.45, 7) is 4.03. The zero-order chi connectivity index (χ0) is 18.0. The molecule has 128 valence electrons. The third-order valence-electron chi connectivity index (χ3n) is 3.60. The Balaban J connectivity index is 1.77. The fraction of sp³-hybridized carbons (Fsp3) is 0.176. The molecule has 0 aliphatic heterocycles. The van der Waals surface area contributed by atoms with Crippen LogP contribution in [0.1, 0.15) is 21.5 Å². The summed E-state index contributed by atoms with van der Waals surface area (Å²) in [4.78, 5) is 12.4. The van der Waals surface area contributed by atoms with Crippen LogP contribution in [0.5, 0.6) is 0 Å². The van der Waals surface area contributed by atoms with Gasteiger partial charge in [0.1, 0.15) is 0 Å². The fourth-order valence-corrected chi connectivity index (χ4v) is 3.42. The van der Waals surface area contributed by atoms with Crippen LogP contribution in [0.4, 0.5) is 0 Å². The molecular formula is C17H14Cl2N4OS. The molecule has 0 radical (unpaired) electrons. The normalized spacial score (nSPS) is 10.9. The van der Waals surface area contributed by atoms with Crippen LogP contribution in [0, 0.1) is 13.8 Å².